The third kappa shape index (κ3) is 4.24. The van der Waals surface area contributed by atoms with Gasteiger partial charge >= 0.3 is 0 Å². The number of anilines is 1. The highest BCUT2D eigenvalue weighted by Crippen LogP contribution is 2.24. The Morgan fingerprint density at radius 1 is 1.04 bits per heavy atom. The normalized spacial score (nSPS) is 15.8. The Labute approximate surface area is 163 Å². The van der Waals surface area contributed by atoms with Gasteiger partial charge in [0.1, 0.15) is 17.7 Å². The van der Waals surface area contributed by atoms with Crippen molar-refractivity contribution in [2.75, 3.05) is 18.0 Å². The zero-order chi connectivity index (χ0) is 19.3. The monoisotopic (exact) mass is 374 g/mol. The molecule has 5 heteroatoms. The topological polar surface area (TPSA) is 45.6 Å². The Bertz CT molecular complexity index is 1020. The molecule has 2 aromatic carbocycles. The minimum atomic E-state index is -0.339. The summed E-state index contributed by atoms with van der Waals surface area (Å²) in [6, 6.07) is 17.1. The number of nitrogens with zero attached hydrogens (tertiary/aromatic N) is 2. The van der Waals surface area contributed by atoms with Crippen molar-refractivity contribution in [1.82, 2.24) is 4.98 Å². The van der Waals surface area contributed by atoms with Gasteiger partial charge in [-0.2, -0.15) is 0 Å². The predicted molar refractivity (Wildman–Crippen MR) is 106 cm³/mol. The maximum Gasteiger partial charge on any atom is 0.165 e. The first kappa shape index (κ1) is 17.9. The molecule has 2 heterocycles. The zero-order valence-electron chi connectivity index (χ0n) is 15.2. The van der Waals surface area contributed by atoms with Crippen LogP contribution in [0.25, 0.3) is 0 Å². The van der Waals surface area contributed by atoms with Gasteiger partial charge in [0.15, 0.2) is 11.6 Å². The molecule has 1 fully saturated rings. The smallest absolute Gasteiger partial charge is 0.165 e. The molecule has 1 saturated heterocycles. The van der Waals surface area contributed by atoms with Crippen molar-refractivity contribution >= 4 is 5.82 Å². The van der Waals surface area contributed by atoms with Crippen LogP contribution in [0.5, 0.6) is 11.5 Å². The van der Waals surface area contributed by atoms with Crippen LogP contribution in [0.4, 0.5) is 10.2 Å². The molecule has 0 aliphatic carbocycles. The van der Waals surface area contributed by atoms with Gasteiger partial charge in [0.2, 0.25) is 0 Å². The lowest BCUT2D eigenvalue weighted by atomic mass is 10.2. The van der Waals surface area contributed by atoms with Crippen LogP contribution in [0.15, 0.2) is 66.9 Å². The quantitative estimate of drug-likeness (QED) is 0.705. The number of hydrogen-bond donors (Lipinski definition) is 1. The third-order valence-corrected chi connectivity index (χ3v) is 4.54. The van der Waals surface area contributed by atoms with Crippen molar-refractivity contribution < 1.29 is 14.2 Å². The molecule has 0 unspecified atom stereocenters. The first-order chi connectivity index (χ1) is 13.7. The van der Waals surface area contributed by atoms with Crippen LogP contribution in [-0.2, 0) is 0 Å². The Hall–Kier alpha value is -3.52. The average molecular weight is 374 g/mol. The SMILES string of the molecule is Oc1cccc(C#Cc2ccc(N3CC[C@H](Oc4ccccc4F)C3)nc2)c1. The first-order valence-electron chi connectivity index (χ1n) is 9.10. The molecule has 1 atom stereocenters. The summed E-state index contributed by atoms with van der Waals surface area (Å²) in [7, 11) is 0. The summed E-state index contributed by atoms with van der Waals surface area (Å²) in [5.74, 6) is 7.05. The van der Waals surface area contributed by atoms with Gasteiger partial charge in [0.25, 0.3) is 0 Å². The van der Waals surface area contributed by atoms with Gasteiger partial charge in [0.05, 0.1) is 6.54 Å². The summed E-state index contributed by atoms with van der Waals surface area (Å²) in [6.45, 7) is 1.47. The molecular formula is C23H19FN2O2. The second kappa shape index (κ2) is 8.01. The maximum atomic E-state index is 13.7. The fraction of sp³-hybridized carbons (Fsp3) is 0.174. The van der Waals surface area contributed by atoms with Gasteiger partial charge < -0.3 is 14.7 Å². The number of hydrogen-bond acceptors (Lipinski definition) is 4. The lowest BCUT2D eigenvalue weighted by Crippen LogP contribution is -2.25. The molecular weight excluding hydrogens is 355 g/mol. The summed E-state index contributed by atoms with van der Waals surface area (Å²) >= 11 is 0. The van der Waals surface area contributed by atoms with E-state index in [1.807, 2.05) is 18.2 Å². The van der Waals surface area contributed by atoms with Crippen molar-refractivity contribution in [1.29, 1.82) is 0 Å². The zero-order valence-corrected chi connectivity index (χ0v) is 15.2. The van der Waals surface area contributed by atoms with Crippen molar-refractivity contribution in [3.63, 3.8) is 0 Å². The van der Waals surface area contributed by atoms with E-state index in [1.54, 1.807) is 42.6 Å². The van der Waals surface area contributed by atoms with Gasteiger partial charge in [-0.1, -0.05) is 30.0 Å². The number of phenolic OH excluding ortho intramolecular Hbond substituents is 1. The molecule has 140 valence electrons. The number of rotatable bonds is 3. The predicted octanol–water partition coefficient (Wildman–Crippen LogP) is 3.98. The van der Waals surface area contributed by atoms with E-state index in [0.717, 1.165) is 29.9 Å². The van der Waals surface area contributed by atoms with Gasteiger partial charge in [-0.25, -0.2) is 9.37 Å². The number of halogens is 1. The van der Waals surface area contributed by atoms with E-state index in [2.05, 4.69) is 21.7 Å². The number of para-hydroxylation sites is 1. The van der Waals surface area contributed by atoms with Gasteiger partial charge in [-0.05, 0) is 42.5 Å². The summed E-state index contributed by atoms with van der Waals surface area (Å²) in [6.07, 6.45) is 2.48. The van der Waals surface area contributed by atoms with Crippen molar-refractivity contribution in [3.05, 3.63) is 83.8 Å². The molecule has 4 rings (SSSR count). The number of aromatic nitrogens is 1. The Morgan fingerprint density at radius 3 is 2.68 bits per heavy atom. The summed E-state index contributed by atoms with van der Waals surface area (Å²) in [5.41, 5.74) is 1.54. The molecule has 0 amide bonds. The van der Waals surface area contributed by atoms with Crippen molar-refractivity contribution in [2.45, 2.75) is 12.5 Å². The summed E-state index contributed by atoms with van der Waals surface area (Å²) in [4.78, 5) is 6.62. The second-order valence-corrected chi connectivity index (χ2v) is 6.61. The van der Waals surface area contributed by atoms with Crippen LogP contribution in [0.2, 0.25) is 0 Å². The number of pyridine rings is 1. The van der Waals surface area contributed by atoms with Gasteiger partial charge in [-0.15, -0.1) is 0 Å². The highest BCUT2D eigenvalue weighted by Gasteiger charge is 2.25. The van der Waals surface area contributed by atoms with E-state index >= 15 is 0 Å². The molecule has 0 bridgehead atoms. The molecule has 3 aromatic rings. The largest absolute Gasteiger partial charge is 0.508 e. The van der Waals surface area contributed by atoms with Gasteiger partial charge in [0, 0.05) is 30.3 Å². The van der Waals surface area contributed by atoms with Crippen LogP contribution in [0.1, 0.15) is 17.5 Å². The van der Waals surface area contributed by atoms with Crippen LogP contribution in [-0.4, -0.2) is 29.3 Å². The van der Waals surface area contributed by atoms with Crippen LogP contribution in [0, 0.1) is 17.7 Å². The van der Waals surface area contributed by atoms with E-state index in [4.69, 9.17) is 4.74 Å². The van der Waals surface area contributed by atoms with Crippen LogP contribution < -0.4 is 9.64 Å². The maximum absolute atomic E-state index is 13.7. The molecule has 4 nitrogen and oxygen atoms in total. The lowest BCUT2D eigenvalue weighted by Gasteiger charge is -2.18. The number of ether oxygens (including phenoxy) is 1. The Morgan fingerprint density at radius 2 is 1.89 bits per heavy atom. The van der Waals surface area contributed by atoms with E-state index in [-0.39, 0.29) is 17.7 Å². The minimum absolute atomic E-state index is 0.0658. The summed E-state index contributed by atoms with van der Waals surface area (Å²) < 4.78 is 19.5. The lowest BCUT2D eigenvalue weighted by molar-refractivity contribution is 0.215. The van der Waals surface area contributed by atoms with E-state index in [9.17, 15) is 9.50 Å². The fourth-order valence-corrected chi connectivity index (χ4v) is 3.13. The Balaban J connectivity index is 1.39. The highest BCUT2D eigenvalue weighted by molar-refractivity contribution is 5.48. The third-order valence-electron chi connectivity index (χ3n) is 4.54. The molecule has 1 aliphatic heterocycles. The highest BCUT2D eigenvalue weighted by atomic mass is 19.1. The Kier molecular flexibility index (Phi) is 5.11. The molecule has 0 radical (unpaired) electrons. The summed E-state index contributed by atoms with van der Waals surface area (Å²) in [5, 5.41) is 9.48. The minimum Gasteiger partial charge on any atom is -0.508 e. The second-order valence-electron chi connectivity index (χ2n) is 6.61. The van der Waals surface area contributed by atoms with Crippen molar-refractivity contribution in [2.24, 2.45) is 0 Å². The van der Waals surface area contributed by atoms with Crippen molar-refractivity contribution in [3.8, 4) is 23.3 Å². The molecule has 0 saturated carbocycles. The van der Waals surface area contributed by atoms with E-state index in [0.29, 0.717) is 12.3 Å². The van der Waals surface area contributed by atoms with Crippen LogP contribution >= 0.6 is 0 Å². The molecule has 1 N–H and O–H groups in total. The van der Waals surface area contributed by atoms with E-state index in [1.165, 1.54) is 6.07 Å². The average Bonchev–Trinajstić information content (AvgIpc) is 3.17. The van der Waals surface area contributed by atoms with Gasteiger partial charge in [-0.3, -0.25) is 0 Å². The van der Waals surface area contributed by atoms with Crippen LogP contribution in [0.3, 0.4) is 0 Å². The molecule has 1 aromatic heterocycles. The first-order valence-corrected chi connectivity index (χ1v) is 9.10. The fourth-order valence-electron chi connectivity index (χ4n) is 3.13. The molecule has 1 aliphatic rings. The standard InChI is InChI=1S/C23H19FN2O2/c24-21-6-1-2-7-22(21)28-20-12-13-26(16-20)23-11-10-18(15-25-23)9-8-17-4-3-5-19(27)14-17/h1-7,10-11,14-15,20,27H,12-13,16H2/t20-/m0/s1. The molecule has 0 spiro atoms. The number of phenols is 1. The molecule has 28 heavy (non-hydrogen) atoms. The van der Waals surface area contributed by atoms with E-state index < -0.39 is 0 Å². The number of aromatic hydroxyl groups is 1. The number of benzene rings is 2.